The summed E-state index contributed by atoms with van der Waals surface area (Å²) in [5.74, 6) is 6.08. The Hall–Kier alpha value is -10.0. The van der Waals surface area contributed by atoms with E-state index in [2.05, 4.69) is 230 Å². The molecule has 94 heavy (non-hydrogen) atoms. The van der Waals surface area contributed by atoms with Gasteiger partial charge in [-0.3, -0.25) is 0 Å². The Morgan fingerprint density at radius 2 is 0.926 bits per heavy atom. The maximum atomic E-state index is 6.31. The number of benzene rings is 10. The average Bonchev–Trinajstić information content (AvgIpc) is 1.50. The van der Waals surface area contributed by atoms with E-state index >= 15 is 0 Å². The van der Waals surface area contributed by atoms with Crippen molar-refractivity contribution >= 4 is 82.2 Å². The average molecular weight is 1230 g/mol. The Balaban J connectivity index is 0.905. The van der Waals surface area contributed by atoms with E-state index in [-0.39, 0.29) is 41.4 Å². The normalized spacial score (nSPS) is 22.1. The van der Waals surface area contributed by atoms with Crippen molar-refractivity contribution in [2.75, 3.05) is 42.7 Å². The first-order valence-corrected chi connectivity index (χ1v) is 33.4. The van der Waals surface area contributed by atoms with Gasteiger partial charge in [0.05, 0.1) is 42.7 Å². The van der Waals surface area contributed by atoms with Crippen LogP contribution in [-0.4, -0.2) is 42.7 Å². The van der Waals surface area contributed by atoms with Gasteiger partial charge in [-0.1, -0.05) is 149 Å². The molecule has 0 radical (unpaired) electrons. The maximum Gasteiger partial charge on any atom is 0.127 e. The highest BCUT2D eigenvalue weighted by molar-refractivity contribution is 6.43. The molecule has 6 nitrogen and oxygen atoms in total. The van der Waals surface area contributed by atoms with Crippen LogP contribution in [0.5, 0.6) is 34.5 Å². The van der Waals surface area contributed by atoms with E-state index in [0.717, 1.165) is 51.0 Å². The molecule has 18 rings (SSSR count). The van der Waals surface area contributed by atoms with Crippen molar-refractivity contribution in [3.63, 3.8) is 0 Å². The van der Waals surface area contributed by atoms with Crippen LogP contribution in [0.25, 0.3) is 104 Å². The monoisotopic (exact) mass is 1230 g/mol. The van der Waals surface area contributed by atoms with E-state index in [1.807, 2.05) is 7.11 Å². The van der Waals surface area contributed by atoms with Gasteiger partial charge in [-0.25, -0.2) is 0 Å². The van der Waals surface area contributed by atoms with Crippen molar-refractivity contribution in [1.82, 2.24) is 0 Å². The van der Waals surface area contributed by atoms with Gasteiger partial charge in [-0.15, -0.1) is 0 Å². The maximum absolute atomic E-state index is 6.31. The fourth-order valence-electron chi connectivity index (χ4n) is 19.8. The molecule has 0 bridgehead atoms. The minimum Gasteiger partial charge on any atom is -0.497 e. The first-order valence-electron chi connectivity index (χ1n) is 33.4. The third kappa shape index (κ3) is 7.32. The predicted octanol–water partition coefficient (Wildman–Crippen LogP) is 20.8. The molecule has 8 unspecified atom stereocenters. The summed E-state index contributed by atoms with van der Waals surface area (Å²) in [6, 6.07) is 64.1. The van der Waals surface area contributed by atoms with Crippen molar-refractivity contribution in [3.05, 3.63) is 254 Å². The second kappa shape index (κ2) is 20.5. The molecule has 6 heteroatoms. The molecule has 462 valence electrons. The van der Waals surface area contributed by atoms with Gasteiger partial charge in [0, 0.05) is 33.6 Å². The molecule has 0 saturated carbocycles. The molecule has 6 aliphatic carbocycles. The number of hydrogen-bond acceptors (Lipinski definition) is 6. The Morgan fingerprint density at radius 3 is 1.55 bits per heavy atom. The van der Waals surface area contributed by atoms with E-state index < -0.39 is 5.41 Å². The van der Waals surface area contributed by atoms with Gasteiger partial charge < -0.3 is 28.4 Å². The van der Waals surface area contributed by atoms with Crippen LogP contribution in [0.2, 0.25) is 0 Å². The fourth-order valence-corrected chi connectivity index (χ4v) is 19.8. The Labute approximate surface area is 549 Å². The molecule has 0 N–H and O–H groups in total. The molecule has 12 aromatic carbocycles. The summed E-state index contributed by atoms with van der Waals surface area (Å²) < 4.78 is 36.1. The molecule has 8 atom stereocenters. The zero-order valence-electron chi connectivity index (χ0n) is 55.4. The number of fused-ring (bicyclic) bond motifs is 11. The van der Waals surface area contributed by atoms with Crippen molar-refractivity contribution in [2.24, 2.45) is 17.8 Å². The summed E-state index contributed by atoms with van der Waals surface area (Å²) in [6.45, 7) is 14.6. The molecule has 6 aliphatic rings. The summed E-state index contributed by atoms with van der Waals surface area (Å²) in [4.78, 5) is 0. The van der Waals surface area contributed by atoms with Crippen LogP contribution in [0.15, 0.2) is 193 Å². The van der Waals surface area contributed by atoms with Crippen molar-refractivity contribution in [1.29, 1.82) is 0 Å². The number of hydrogen-bond donors (Lipinski definition) is 0. The van der Waals surface area contributed by atoms with Crippen molar-refractivity contribution in [2.45, 2.75) is 70.6 Å². The van der Waals surface area contributed by atoms with E-state index in [4.69, 9.17) is 28.4 Å². The molecule has 12 aromatic rings. The lowest BCUT2D eigenvalue weighted by Gasteiger charge is -2.45. The summed E-state index contributed by atoms with van der Waals surface area (Å²) in [5, 5.41) is 13.9. The van der Waals surface area contributed by atoms with Gasteiger partial charge in [0.15, 0.2) is 0 Å². The summed E-state index contributed by atoms with van der Waals surface area (Å²) in [6.07, 6.45) is 7.91. The number of rotatable bonds is 11. The minimum absolute atomic E-state index is 0.0471. The number of ether oxygens (including phenoxy) is 6. The van der Waals surface area contributed by atoms with E-state index in [1.54, 1.807) is 35.5 Å². The second-order valence-electron chi connectivity index (χ2n) is 27.7. The molecule has 0 aliphatic heterocycles. The largest absolute Gasteiger partial charge is 0.497 e. The second-order valence-corrected chi connectivity index (χ2v) is 27.7. The molecule has 0 spiro atoms. The quantitative estimate of drug-likeness (QED) is 0.129. The van der Waals surface area contributed by atoms with Crippen LogP contribution in [0.3, 0.4) is 0 Å². The molecule has 0 amide bonds. The van der Waals surface area contributed by atoms with Crippen LogP contribution in [-0.2, 0) is 5.41 Å². The summed E-state index contributed by atoms with van der Waals surface area (Å²) in [5.41, 5.74) is 25.9. The molecule has 0 aromatic heterocycles. The summed E-state index contributed by atoms with van der Waals surface area (Å²) in [7, 11) is 10.7. The van der Waals surface area contributed by atoms with Crippen molar-refractivity contribution in [3.8, 4) is 56.8 Å². The lowest BCUT2D eigenvalue weighted by atomic mass is 9.57. The van der Waals surface area contributed by atoms with E-state index in [9.17, 15) is 0 Å². The first-order chi connectivity index (χ1) is 45.8. The zero-order chi connectivity index (χ0) is 64.1. The molecular formula is C88H74O6. The topological polar surface area (TPSA) is 55.4 Å². The Bertz CT molecular complexity index is 5470. The lowest BCUT2D eigenvalue weighted by Crippen LogP contribution is -2.35. The molecule has 0 heterocycles. The van der Waals surface area contributed by atoms with Crippen LogP contribution in [0.1, 0.15) is 114 Å². The van der Waals surface area contributed by atoms with E-state index in [1.165, 1.54) is 154 Å². The highest BCUT2D eigenvalue weighted by Crippen LogP contribution is 2.73. The van der Waals surface area contributed by atoms with Gasteiger partial charge in [0.25, 0.3) is 0 Å². The highest BCUT2D eigenvalue weighted by Gasteiger charge is 2.60. The molecular weight excluding hydrogens is 1150 g/mol. The van der Waals surface area contributed by atoms with Gasteiger partial charge in [-0.2, -0.15) is 0 Å². The fraction of sp³-hybridized carbons (Fsp3) is 0.227. The number of allylic oxidation sites excluding steroid dienone is 8. The summed E-state index contributed by atoms with van der Waals surface area (Å²) >= 11 is 0. The first kappa shape index (κ1) is 56.7. The van der Waals surface area contributed by atoms with Crippen LogP contribution < -0.4 is 33.6 Å². The van der Waals surface area contributed by atoms with Crippen LogP contribution in [0.4, 0.5) is 0 Å². The Morgan fingerprint density at radius 1 is 0.394 bits per heavy atom. The standard InChI is InChI=1S/C88H74O6/c1-44-19-36-61-78-62(37-39-66(93-11)70(44)78)81-74(50-22-30-54(90-8)31-23-50)82-63-42-47(4)68(57-15-13-17-59(76(57)63)79(82)73(80(61)81)49-20-28-53(89-7)29-21-49)69-48(5)43-64-77-58(69)16-14-18-60(77)84-83(64)75(51-24-32-55(91-9)33-25-51)87-72-46(3)41-45(2)71-67(94-12)40-38-65(85(71)72)88(87,6)86(84)52-26-34-56(92-10)35-27-52/h13-43,46-48,68-69,72,86H,1-12H3. The Kier molecular flexibility index (Phi) is 12.4. The number of aryl methyl sites for hydroxylation is 1. The molecule has 0 fully saturated rings. The molecule has 0 saturated heterocycles. The van der Waals surface area contributed by atoms with Crippen molar-refractivity contribution < 1.29 is 28.4 Å². The third-order valence-electron chi connectivity index (χ3n) is 23.4. The lowest BCUT2D eigenvalue weighted by molar-refractivity contribution is 0.398. The predicted molar refractivity (Wildman–Crippen MR) is 387 cm³/mol. The minimum atomic E-state index is -0.465. The highest BCUT2D eigenvalue weighted by atomic mass is 16.5. The SMILES string of the molecule is COc1ccc(C2=C3C4c5c(ccc(OC)c5C(C)=CC4C)C3(C)C(c3ccc(OC)cc3)C3=C2C2=CC(C)C(C4c5cccc6c5c(c5c(-c7ccc(OC)cc7)c7c8ccc(OC)c9c(C)ccc(c7c(-c7ccc(OC)cc7)c56)c98)=CC4C)c4cccc3c42)cc1. The van der Waals surface area contributed by atoms with Gasteiger partial charge in [-0.05, 0) is 264 Å². The van der Waals surface area contributed by atoms with Gasteiger partial charge in [0.1, 0.15) is 34.5 Å². The van der Waals surface area contributed by atoms with Gasteiger partial charge >= 0.3 is 0 Å². The van der Waals surface area contributed by atoms with Gasteiger partial charge in [0.2, 0.25) is 0 Å². The third-order valence-corrected chi connectivity index (χ3v) is 23.4. The zero-order valence-corrected chi connectivity index (χ0v) is 55.4. The van der Waals surface area contributed by atoms with E-state index in [0.29, 0.717) is 0 Å². The smallest absolute Gasteiger partial charge is 0.127 e. The van der Waals surface area contributed by atoms with Crippen LogP contribution >= 0.6 is 0 Å². The number of methoxy groups -OCH3 is 6. The van der Waals surface area contributed by atoms with Crippen LogP contribution in [0, 0.1) is 24.7 Å².